The van der Waals surface area contributed by atoms with Gasteiger partial charge in [0.05, 0.1) is 18.8 Å². The van der Waals surface area contributed by atoms with Crippen LogP contribution in [0.3, 0.4) is 0 Å². The van der Waals surface area contributed by atoms with E-state index in [9.17, 15) is 10.2 Å². The SMILES string of the molecule is OC(CN1CCN(CC(O)c2ccccc2)CC1)Cn1cccn1. The molecule has 1 saturated heterocycles. The molecule has 2 N–H and O–H groups in total. The minimum atomic E-state index is -0.442. The van der Waals surface area contributed by atoms with Gasteiger partial charge in [-0.05, 0) is 11.6 Å². The first kappa shape index (κ1) is 17.1. The van der Waals surface area contributed by atoms with Crippen LogP contribution in [0.1, 0.15) is 11.7 Å². The Hall–Kier alpha value is -1.73. The predicted molar refractivity (Wildman–Crippen MR) is 92.5 cm³/mol. The Morgan fingerprint density at radius 2 is 1.54 bits per heavy atom. The summed E-state index contributed by atoms with van der Waals surface area (Å²) in [5, 5.41) is 24.6. The van der Waals surface area contributed by atoms with Gasteiger partial charge in [-0.3, -0.25) is 14.5 Å². The van der Waals surface area contributed by atoms with E-state index in [2.05, 4.69) is 14.9 Å². The number of benzene rings is 1. The van der Waals surface area contributed by atoms with Crippen LogP contribution in [-0.2, 0) is 6.54 Å². The van der Waals surface area contributed by atoms with E-state index in [0.29, 0.717) is 19.6 Å². The summed E-state index contributed by atoms with van der Waals surface area (Å²) in [6.45, 7) is 5.51. The average molecular weight is 330 g/mol. The lowest BCUT2D eigenvalue weighted by Crippen LogP contribution is -2.49. The molecular formula is C18H26N4O2. The summed E-state index contributed by atoms with van der Waals surface area (Å²) in [6, 6.07) is 11.7. The molecule has 1 aromatic carbocycles. The fraction of sp³-hybridized carbons (Fsp3) is 0.500. The monoisotopic (exact) mass is 330 g/mol. The molecule has 0 amide bonds. The van der Waals surface area contributed by atoms with E-state index in [1.54, 1.807) is 10.9 Å². The summed E-state index contributed by atoms with van der Waals surface area (Å²) in [6.07, 6.45) is 2.74. The molecule has 0 aliphatic carbocycles. The summed E-state index contributed by atoms with van der Waals surface area (Å²) in [5.41, 5.74) is 0.967. The third-order valence-corrected chi connectivity index (χ3v) is 4.51. The Balaban J connectivity index is 1.39. The normalized spacial score (nSPS) is 19.2. The highest BCUT2D eigenvalue weighted by molar-refractivity contribution is 5.17. The van der Waals surface area contributed by atoms with Crippen molar-refractivity contribution in [2.75, 3.05) is 39.3 Å². The highest BCUT2D eigenvalue weighted by Crippen LogP contribution is 2.15. The van der Waals surface area contributed by atoms with Crippen molar-refractivity contribution in [2.24, 2.45) is 0 Å². The standard InChI is InChI=1S/C18H26N4O2/c23-17(14-22-8-4-7-19-22)13-20-9-11-21(12-10-20)15-18(24)16-5-2-1-3-6-16/h1-8,17-18,23-24H,9-15H2. The van der Waals surface area contributed by atoms with Gasteiger partial charge in [0.1, 0.15) is 0 Å². The molecule has 3 rings (SSSR count). The van der Waals surface area contributed by atoms with Crippen LogP contribution in [0.5, 0.6) is 0 Å². The molecule has 0 bridgehead atoms. The Labute approximate surface area is 142 Å². The van der Waals surface area contributed by atoms with Crippen LogP contribution in [0.25, 0.3) is 0 Å². The van der Waals surface area contributed by atoms with E-state index in [-0.39, 0.29) is 0 Å². The molecule has 2 heterocycles. The van der Waals surface area contributed by atoms with Crippen molar-refractivity contribution in [1.29, 1.82) is 0 Å². The van der Waals surface area contributed by atoms with E-state index in [1.165, 1.54) is 0 Å². The molecule has 6 heteroatoms. The molecule has 0 radical (unpaired) electrons. The maximum atomic E-state index is 10.3. The third kappa shape index (κ3) is 4.88. The van der Waals surface area contributed by atoms with Crippen molar-refractivity contribution >= 4 is 0 Å². The molecule has 0 spiro atoms. The van der Waals surface area contributed by atoms with Gasteiger partial charge in [0.25, 0.3) is 0 Å². The van der Waals surface area contributed by atoms with Crippen LogP contribution in [-0.4, -0.2) is 75.2 Å². The van der Waals surface area contributed by atoms with Gasteiger partial charge < -0.3 is 10.2 Å². The van der Waals surface area contributed by atoms with Crippen molar-refractivity contribution < 1.29 is 10.2 Å². The van der Waals surface area contributed by atoms with Crippen molar-refractivity contribution in [1.82, 2.24) is 19.6 Å². The van der Waals surface area contributed by atoms with Gasteiger partial charge in [-0.1, -0.05) is 30.3 Å². The first-order valence-electron chi connectivity index (χ1n) is 8.54. The third-order valence-electron chi connectivity index (χ3n) is 4.51. The molecule has 1 aromatic heterocycles. The zero-order valence-electron chi connectivity index (χ0n) is 13.9. The lowest BCUT2D eigenvalue weighted by Gasteiger charge is -2.36. The van der Waals surface area contributed by atoms with Crippen molar-refractivity contribution in [3.8, 4) is 0 Å². The lowest BCUT2D eigenvalue weighted by atomic mass is 10.1. The smallest absolute Gasteiger partial charge is 0.0916 e. The molecule has 130 valence electrons. The number of hydrogen-bond acceptors (Lipinski definition) is 5. The van der Waals surface area contributed by atoms with Gasteiger partial charge in [0, 0.05) is 51.7 Å². The summed E-state index contributed by atoms with van der Waals surface area (Å²) >= 11 is 0. The minimum absolute atomic E-state index is 0.411. The second-order valence-corrected chi connectivity index (χ2v) is 6.41. The summed E-state index contributed by atoms with van der Waals surface area (Å²) in [4.78, 5) is 4.56. The van der Waals surface area contributed by atoms with E-state index in [1.807, 2.05) is 42.6 Å². The number of aliphatic hydroxyl groups excluding tert-OH is 2. The Morgan fingerprint density at radius 1 is 0.875 bits per heavy atom. The average Bonchev–Trinajstić information content (AvgIpc) is 3.10. The fourth-order valence-electron chi connectivity index (χ4n) is 3.16. The predicted octanol–water partition coefficient (Wildman–Crippen LogP) is 0.595. The molecular weight excluding hydrogens is 304 g/mol. The lowest BCUT2D eigenvalue weighted by molar-refractivity contribution is 0.0430. The van der Waals surface area contributed by atoms with Crippen molar-refractivity contribution in [3.05, 3.63) is 54.4 Å². The van der Waals surface area contributed by atoms with Crippen LogP contribution in [0.4, 0.5) is 0 Å². The topological polar surface area (TPSA) is 64.8 Å². The van der Waals surface area contributed by atoms with Gasteiger partial charge >= 0.3 is 0 Å². The molecule has 1 fully saturated rings. The van der Waals surface area contributed by atoms with E-state index in [4.69, 9.17) is 0 Å². The number of rotatable bonds is 7. The van der Waals surface area contributed by atoms with Crippen LogP contribution < -0.4 is 0 Å². The van der Waals surface area contributed by atoms with E-state index < -0.39 is 12.2 Å². The summed E-state index contributed by atoms with van der Waals surface area (Å²) in [7, 11) is 0. The van der Waals surface area contributed by atoms with Crippen molar-refractivity contribution in [2.45, 2.75) is 18.8 Å². The van der Waals surface area contributed by atoms with Crippen LogP contribution >= 0.6 is 0 Å². The maximum Gasteiger partial charge on any atom is 0.0916 e. The molecule has 0 saturated carbocycles. The summed E-state index contributed by atoms with van der Waals surface area (Å²) in [5.74, 6) is 0. The number of hydrogen-bond donors (Lipinski definition) is 2. The molecule has 1 aliphatic heterocycles. The fourth-order valence-corrected chi connectivity index (χ4v) is 3.16. The molecule has 6 nitrogen and oxygen atoms in total. The first-order valence-corrected chi connectivity index (χ1v) is 8.54. The van der Waals surface area contributed by atoms with Crippen molar-refractivity contribution in [3.63, 3.8) is 0 Å². The number of β-amino-alcohol motifs (C(OH)–C–C–N with tert-alkyl or cyclic N) is 2. The molecule has 1 aliphatic rings. The molecule has 24 heavy (non-hydrogen) atoms. The van der Waals surface area contributed by atoms with E-state index >= 15 is 0 Å². The van der Waals surface area contributed by atoms with Crippen LogP contribution in [0, 0.1) is 0 Å². The molecule has 2 unspecified atom stereocenters. The largest absolute Gasteiger partial charge is 0.390 e. The zero-order chi connectivity index (χ0) is 16.8. The second kappa shape index (κ2) is 8.39. The minimum Gasteiger partial charge on any atom is -0.390 e. The second-order valence-electron chi connectivity index (χ2n) is 6.41. The van der Waals surface area contributed by atoms with Gasteiger partial charge in [-0.2, -0.15) is 5.10 Å². The number of aromatic nitrogens is 2. The Morgan fingerprint density at radius 3 is 2.17 bits per heavy atom. The van der Waals surface area contributed by atoms with Gasteiger partial charge in [-0.25, -0.2) is 0 Å². The molecule has 2 atom stereocenters. The Bertz CT molecular complexity index is 582. The summed E-state index contributed by atoms with van der Waals surface area (Å²) < 4.78 is 1.76. The Kier molecular flexibility index (Phi) is 5.98. The number of piperazine rings is 1. The van der Waals surface area contributed by atoms with Crippen LogP contribution in [0.15, 0.2) is 48.8 Å². The quantitative estimate of drug-likeness (QED) is 0.778. The zero-order valence-corrected chi connectivity index (χ0v) is 13.9. The molecule has 2 aromatic rings. The number of aliphatic hydroxyl groups is 2. The van der Waals surface area contributed by atoms with E-state index in [0.717, 1.165) is 31.7 Å². The maximum absolute atomic E-state index is 10.3. The highest BCUT2D eigenvalue weighted by atomic mass is 16.3. The number of nitrogens with zero attached hydrogens (tertiary/aromatic N) is 4. The van der Waals surface area contributed by atoms with Crippen LogP contribution in [0.2, 0.25) is 0 Å². The van der Waals surface area contributed by atoms with Gasteiger partial charge in [0.2, 0.25) is 0 Å². The van der Waals surface area contributed by atoms with Gasteiger partial charge in [0.15, 0.2) is 0 Å². The first-order chi connectivity index (χ1) is 11.7. The van der Waals surface area contributed by atoms with Gasteiger partial charge in [-0.15, -0.1) is 0 Å². The highest BCUT2D eigenvalue weighted by Gasteiger charge is 2.21.